The van der Waals surface area contributed by atoms with Crippen LogP contribution in [0.1, 0.15) is 19.3 Å². The number of nitrogens with zero attached hydrogens (tertiary/aromatic N) is 1. The third kappa shape index (κ3) is 3.67. The molecule has 0 N–H and O–H groups in total. The first-order valence-electron chi connectivity index (χ1n) is 5.69. The number of hydrogen-bond donors (Lipinski definition) is 0. The minimum Gasteiger partial charge on any atom is -0.743 e. The Morgan fingerprint density at radius 2 is 1.17 bits per heavy atom. The van der Waals surface area contributed by atoms with Gasteiger partial charge in [-0.3, -0.25) is 0 Å². The van der Waals surface area contributed by atoms with Crippen molar-refractivity contribution < 1.29 is 77.3 Å². The molecule has 0 radical (unpaired) electrons. The summed E-state index contributed by atoms with van der Waals surface area (Å²) in [6, 6.07) is 0. The Balaban J connectivity index is 0.00000484. The van der Waals surface area contributed by atoms with Crippen molar-refractivity contribution in [2.24, 2.45) is 0 Å². The molecule has 0 saturated carbocycles. The van der Waals surface area contributed by atoms with Gasteiger partial charge in [0.15, 0.2) is 10.1 Å². The van der Waals surface area contributed by atoms with Crippen LogP contribution < -0.4 is 29.6 Å². The summed E-state index contributed by atoms with van der Waals surface area (Å²) in [6.45, 7) is -1.21. The third-order valence-corrected chi connectivity index (χ3v) is 5.86. The summed E-state index contributed by atoms with van der Waals surface area (Å²) in [5.74, 6) is -6.93. The van der Waals surface area contributed by atoms with Crippen molar-refractivity contribution in [2.45, 2.75) is 35.7 Å². The minimum atomic E-state index is -7.23. The van der Waals surface area contributed by atoms with Crippen LogP contribution in [-0.4, -0.2) is 55.2 Å². The normalized spacial score (nSPS) is 19.3. The molecule has 0 amide bonds. The first kappa shape index (κ1) is 23.4. The summed E-state index contributed by atoms with van der Waals surface area (Å²) in [7, 11) is -13.5. The molecule has 1 rings (SSSR count). The molecule has 6 nitrogen and oxygen atoms in total. The van der Waals surface area contributed by atoms with Crippen molar-refractivity contribution in [3.05, 3.63) is 0 Å². The predicted octanol–water partition coefficient (Wildman–Crippen LogP) is -1.83. The van der Waals surface area contributed by atoms with Crippen molar-refractivity contribution >= 4 is 20.1 Å². The molecule has 23 heavy (non-hydrogen) atoms. The summed E-state index contributed by atoms with van der Waals surface area (Å²) in [4.78, 5) is 0. The number of sulfonamides is 1. The molecule has 1 aliphatic rings. The maximum Gasteiger partial charge on any atom is 1.00 e. The van der Waals surface area contributed by atoms with Gasteiger partial charge < -0.3 is 4.55 Å². The van der Waals surface area contributed by atoms with Gasteiger partial charge in [-0.15, -0.1) is 0 Å². The maximum atomic E-state index is 13.5. The van der Waals surface area contributed by atoms with Gasteiger partial charge in [0.05, 0.1) is 0 Å². The fourth-order valence-electron chi connectivity index (χ4n) is 1.76. The molecule has 0 aromatic carbocycles. The van der Waals surface area contributed by atoms with Gasteiger partial charge in [0.1, 0.15) is 0 Å². The van der Waals surface area contributed by atoms with Crippen LogP contribution in [0.5, 0.6) is 0 Å². The first-order chi connectivity index (χ1) is 9.61. The van der Waals surface area contributed by atoms with Crippen molar-refractivity contribution in [3.8, 4) is 0 Å². The summed E-state index contributed by atoms with van der Waals surface area (Å²) in [5, 5.41) is -13.3. The van der Waals surface area contributed by atoms with E-state index < -0.39 is 49.7 Å². The molecule has 1 heterocycles. The van der Waals surface area contributed by atoms with E-state index in [1.54, 1.807) is 0 Å². The van der Waals surface area contributed by atoms with Crippen molar-refractivity contribution in [1.29, 1.82) is 0 Å². The molecule has 0 unspecified atom stereocenters. The molecule has 15 heteroatoms. The smallest absolute Gasteiger partial charge is 0.743 e. The van der Waals surface area contributed by atoms with Gasteiger partial charge in [0.2, 0.25) is 0 Å². The van der Waals surface area contributed by atoms with E-state index in [0.29, 0.717) is 6.42 Å². The second-order valence-electron chi connectivity index (χ2n) is 4.53. The Hall–Kier alpha value is 0.400. The van der Waals surface area contributed by atoms with Crippen LogP contribution in [0.3, 0.4) is 0 Å². The van der Waals surface area contributed by atoms with Crippen LogP contribution in [0.4, 0.5) is 26.3 Å². The second-order valence-corrected chi connectivity index (χ2v) is 7.93. The minimum absolute atomic E-state index is 0. The van der Waals surface area contributed by atoms with Crippen LogP contribution in [-0.2, 0) is 20.1 Å². The Morgan fingerprint density at radius 3 is 1.52 bits per heavy atom. The topological polar surface area (TPSA) is 94.6 Å². The average Bonchev–Trinajstić information content (AvgIpc) is 2.37. The Morgan fingerprint density at radius 1 is 0.783 bits per heavy atom. The number of halogens is 6. The Bertz CT molecular complexity index is 631. The van der Waals surface area contributed by atoms with E-state index in [4.69, 9.17) is 0 Å². The molecule has 1 saturated heterocycles. The Kier molecular flexibility index (Phi) is 7.08. The molecule has 0 aromatic rings. The van der Waals surface area contributed by atoms with Gasteiger partial charge in [0, 0.05) is 13.1 Å². The van der Waals surface area contributed by atoms with Crippen LogP contribution in [0.25, 0.3) is 0 Å². The standard InChI is InChI=1S/C8H11F6NO5S2.Na/c9-6(10,8(13,14)22(18,19)20)7(11,12)21(16,17)15-4-2-1-3-5-15;/h1-5H2,(H,18,19,20);/q;+1/p-1. The van der Waals surface area contributed by atoms with Gasteiger partial charge in [-0.25, -0.2) is 16.8 Å². The number of hydrogen-bond acceptors (Lipinski definition) is 5. The van der Waals surface area contributed by atoms with Gasteiger partial charge >= 0.3 is 46.0 Å². The Labute approximate surface area is 150 Å². The van der Waals surface area contributed by atoms with E-state index in [1.807, 2.05) is 0 Å². The maximum absolute atomic E-state index is 13.5. The number of rotatable bonds is 5. The molecule has 0 bridgehead atoms. The van der Waals surface area contributed by atoms with Gasteiger partial charge in [0.25, 0.3) is 10.0 Å². The second kappa shape index (κ2) is 6.96. The molecule has 132 valence electrons. The molecule has 0 aromatic heterocycles. The SMILES string of the molecule is O=S(=O)([O-])C(F)(F)C(F)(F)C(F)(F)S(=O)(=O)N1CCCCC1.[Na+]. The fraction of sp³-hybridized carbons (Fsp3) is 1.00. The molecule has 0 atom stereocenters. The van der Waals surface area contributed by atoms with Gasteiger partial charge in [-0.05, 0) is 12.8 Å². The van der Waals surface area contributed by atoms with Crippen LogP contribution in [0.15, 0.2) is 0 Å². The van der Waals surface area contributed by atoms with Crippen molar-refractivity contribution in [1.82, 2.24) is 4.31 Å². The van der Waals surface area contributed by atoms with Crippen LogP contribution in [0.2, 0.25) is 0 Å². The third-order valence-electron chi connectivity index (χ3n) is 3.02. The molecule has 0 spiro atoms. The van der Waals surface area contributed by atoms with E-state index in [1.165, 1.54) is 0 Å². The fourth-order valence-corrected chi connectivity index (χ4v) is 3.78. The zero-order valence-corrected chi connectivity index (χ0v) is 15.2. The zero-order chi connectivity index (χ0) is 17.6. The molecular weight excluding hydrogens is 391 g/mol. The van der Waals surface area contributed by atoms with Crippen LogP contribution >= 0.6 is 0 Å². The van der Waals surface area contributed by atoms with Crippen LogP contribution in [0, 0.1) is 0 Å². The average molecular weight is 401 g/mol. The van der Waals surface area contributed by atoms with E-state index in [2.05, 4.69) is 0 Å². The number of piperidine rings is 1. The molecular formula is C8H10F6NNaO5S2. The van der Waals surface area contributed by atoms with E-state index in [9.17, 15) is 47.7 Å². The van der Waals surface area contributed by atoms with Crippen molar-refractivity contribution in [3.63, 3.8) is 0 Å². The predicted molar refractivity (Wildman–Crippen MR) is 58.9 cm³/mol. The summed E-state index contributed by atoms with van der Waals surface area (Å²) >= 11 is 0. The number of alkyl halides is 6. The molecule has 1 fully saturated rings. The van der Waals surface area contributed by atoms with Gasteiger partial charge in [-0.1, -0.05) is 6.42 Å². The molecule has 1 aliphatic heterocycles. The van der Waals surface area contributed by atoms with E-state index >= 15 is 0 Å². The van der Waals surface area contributed by atoms with Gasteiger partial charge in [-0.2, -0.15) is 30.6 Å². The quantitative estimate of drug-likeness (QED) is 0.307. The molecule has 0 aliphatic carbocycles. The summed E-state index contributed by atoms with van der Waals surface area (Å²) < 4.78 is 133. The van der Waals surface area contributed by atoms with E-state index in [0.717, 1.165) is 0 Å². The largest absolute Gasteiger partial charge is 1.00 e. The monoisotopic (exact) mass is 401 g/mol. The summed E-state index contributed by atoms with van der Waals surface area (Å²) in [5.41, 5.74) is 0. The van der Waals surface area contributed by atoms with Crippen molar-refractivity contribution in [2.75, 3.05) is 13.1 Å². The van der Waals surface area contributed by atoms with E-state index in [-0.39, 0.29) is 46.7 Å². The first-order valence-corrected chi connectivity index (χ1v) is 8.54. The zero-order valence-electron chi connectivity index (χ0n) is 11.6. The summed E-state index contributed by atoms with van der Waals surface area (Å²) in [6.07, 6.45) is 0.493.